The normalized spacial score (nSPS) is 10.5. The molecule has 0 saturated carbocycles. The highest BCUT2D eigenvalue weighted by atomic mass is 32.1. The van der Waals surface area contributed by atoms with Crippen molar-refractivity contribution in [1.29, 1.82) is 0 Å². The Morgan fingerprint density at radius 3 is 2.86 bits per heavy atom. The van der Waals surface area contributed by atoms with Crippen molar-refractivity contribution in [2.45, 2.75) is 13.5 Å². The Bertz CT molecular complexity index is 751. The molecule has 0 radical (unpaired) electrons. The standard InChI is InChI=1S/C13H12N6OS/c1-9-8-21-13(14-9)15-11(20)7-19-17-12(16-18-19)10-5-3-2-4-6-10/h2-6,8H,7H2,1H3,(H,14,15,20). The first-order valence-corrected chi connectivity index (χ1v) is 7.14. The number of anilines is 1. The summed E-state index contributed by atoms with van der Waals surface area (Å²) >= 11 is 1.38. The molecule has 21 heavy (non-hydrogen) atoms. The van der Waals surface area contributed by atoms with Crippen LogP contribution < -0.4 is 5.32 Å². The summed E-state index contributed by atoms with van der Waals surface area (Å²) in [5.74, 6) is 0.259. The molecule has 7 nitrogen and oxygen atoms in total. The monoisotopic (exact) mass is 300 g/mol. The van der Waals surface area contributed by atoms with Crippen molar-refractivity contribution in [3.63, 3.8) is 0 Å². The number of tetrazole rings is 1. The third kappa shape index (κ3) is 3.29. The van der Waals surface area contributed by atoms with Crippen molar-refractivity contribution in [3.05, 3.63) is 41.4 Å². The minimum atomic E-state index is -0.235. The number of nitrogens with zero attached hydrogens (tertiary/aromatic N) is 5. The van der Waals surface area contributed by atoms with Crippen LogP contribution in [0.4, 0.5) is 5.13 Å². The Hall–Kier alpha value is -2.61. The summed E-state index contributed by atoms with van der Waals surface area (Å²) in [5.41, 5.74) is 1.74. The summed E-state index contributed by atoms with van der Waals surface area (Å²) in [6, 6.07) is 9.48. The zero-order valence-electron chi connectivity index (χ0n) is 11.2. The Morgan fingerprint density at radius 2 is 2.14 bits per heavy atom. The number of hydrogen-bond donors (Lipinski definition) is 1. The highest BCUT2D eigenvalue weighted by molar-refractivity contribution is 7.13. The molecule has 1 amide bonds. The molecule has 106 valence electrons. The second-order valence-corrected chi connectivity index (χ2v) is 5.21. The van der Waals surface area contributed by atoms with E-state index < -0.39 is 0 Å². The topological polar surface area (TPSA) is 85.6 Å². The van der Waals surface area contributed by atoms with Crippen LogP contribution in [0.5, 0.6) is 0 Å². The van der Waals surface area contributed by atoms with Crippen LogP contribution in [0.2, 0.25) is 0 Å². The molecule has 2 heterocycles. The third-order valence-corrected chi connectivity index (χ3v) is 3.51. The molecule has 0 aliphatic rings. The Labute approximate surface area is 124 Å². The van der Waals surface area contributed by atoms with Gasteiger partial charge in [-0.05, 0) is 12.1 Å². The second kappa shape index (κ2) is 5.80. The van der Waals surface area contributed by atoms with Gasteiger partial charge in [-0.25, -0.2) is 4.98 Å². The number of hydrogen-bond acceptors (Lipinski definition) is 6. The van der Waals surface area contributed by atoms with Crippen molar-refractivity contribution in [2.75, 3.05) is 5.32 Å². The average Bonchev–Trinajstić information content (AvgIpc) is 3.09. The van der Waals surface area contributed by atoms with Crippen LogP contribution >= 0.6 is 11.3 Å². The first-order chi connectivity index (χ1) is 10.2. The molecule has 3 rings (SSSR count). The number of amides is 1. The Morgan fingerprint density at radius 1 is 1.33 bits per heavy atom. The van der Waals surface area contributed by atoms with Crippen molar-refractivity contribution in [3.8, 4) is 11.4 Å². The first kappa shape index (κ1) is 13.4. The van der Waals surface area contributed by atoms with Gasteiger partial charge in [-0.3, -0.25) is 4.79 Å². The molecule has 0 saturated heterocycles. The van der Waals surface area contributed by atoms with Gasteiger partial charge >= 0.3 is 0 Å². The lowest BCUT2D eigenvalue weighted by atomic mass is 10.2. The average molecular weight is 300 g/mol. The van der Waals surface area contributed by atoms with Crippen LogP contribution in [-0.2, 0) is 11.3 Å². The van der Waals surface area contributed by atoms with E-state index in [2.05, 4.69) is 25.7 Å². The van der Waals surface area contributed by atoms with E-state index in [1.54, 1.807) is 0 Å². The molecule has 1 N–H and O–H groups in total. The fraction of sp³-hybridized carbons (Fsp3) is 0.154. The lowest BCUT2D eigenvalue weighted by Crippen LogP contribution is -2.20. The van der Waals surface area contributed by atoms with Crippen molar-refractivity contribution < 1.29 is 4.79 Å². The molecule has 0 aliphatic heterocycles. The molecule has 0 bridgehead atoms. The molecule has 8 heteroatoms. The van der Waals surface area contributed by atoms with E-state index in [4.69, 9.17) is 0 Å². The maximum atomic E-state index is 11.9. The van der Waals surface area contributed by atoms with E-state index in [1.807, 2.05) is 42.6 Å². The number of aromatic nitrogens is 5. The van der Waals surface area contributed by atoms with Gasteiger partial charge in [0, 0.05) is 10.9 Å². The zero-order chi connectivity index (χ0) is 14.7. The van der Waals surface area contributed by atoms with E-state index in [0.717, 1.165) is 11.3 Å². The summed E-state index contributed by atoms with van der Waals surface area (Å²) < 4.78 is 0. The predicted molar refractivity (Wildman–Crippen MR) is 78.7 cm³/mol. The quantitative estimate of drug-likeness (QED) is 0.793. The number of carbonyl (C=O) groups is 1. The van der Waals surface area contributed by atoms with Crippen molar-refractivity contribution in [2.24, 2.45) is 0 Å². The zero-order valence-corrected chi connectivity index (χ0v) is 12.0. The van der Waals surface area contributed by atoms with Crippen molar-refractivity contribution >= 4 is 22.4 Å². The van der Waals surface area contributed by atoms with E-state index in [9.17, 15) is 4.79 Å². The van der Waals surface area contributed by atoms with E-state index >= 15 is 0 Å². The fourth-order valence-electron chi connectivity index (χ4n) is 1.71. The summed E-state index contributed by atoms with van der Waals surface area (Å²) in [6.07, 6.45) is 0. The molecule has 0 aliphatic carbocycles. The molecule has 0 spiro atoms. The summed E-state index contributed by atoms with van der Waals surface area (Å²) in [5, 5.41) is 17.1. The molecular formula is C13H12N6OS. The maximum absolute atomic E-state index is 11.9. The van der Waals surface area contributed by atoms with Gasteiger partial charge in [0.25, 0.3) is 0 Å². The molecule has 2 aromatic heterocycles. The molecule has 0 atom stereocenters. The van der Waals surface area contributed by atoms with Gasteiger partial charge in [0.15, 0.2) is 5.13 Å². The minimum Gasteiger partial charge on any atom is -0.300 e. The van der Waals surface area contributed by atoms with Gasteiger partial charge in [0.05, 0.1) is 5.69 Å². The van der Waals surface area contributed by atoms with Crippen LogP contribution in [0.15, 0.2) is 35.7 Å². The largest absolute Gasteiger partial charge is 0.300 e. The van der Waals surface area contributed by atoms with Crippen molar-refractivity contribution in [1.82, 2.24) is 25.2 Å². The second-order valence-electron chi connectivity index (χ2n) is 4.35. The molecule has 0 fully saturated rings. The van der Waals surface area contributed by atoms with Gasteiger partial charge in [-0.2, -0.15) is 4.80 Å². The smallest absolute Gasteiger partial charge is 0.249 e. The Kier molecular flexibility index (Phi) is 3.69. The Balaban J connectivity index is 1.66. The number of aryl methyl sites for hydroxylation is 1. The van der Waals surface area contributed by atoms with Gasteiger partial charge in [-0.1, -0.05) is 30.3 Å². The highest BCUT2D eigenvalue weighted by Gasteiger charge is 2.10. The molecule has 0 unspecified atom stereocenters. The number of thiazole rings is 1. The molecule has 1 aromatic carbocycles. The minimum absolute atomic E-state index is 0.00153. The van der Waals surface area contributed by atoms with Gasteiger partial charge in [0.2, 0.25) is 11.7 Å². The summed E-state index contributed by atoms with van der Waals surface area (Å²) in [4.78, 5) is 17.3. The van der Waals surface area contributed by atoms with E-state index in [-0.39, 0.29) is 12.5 Å². The third-order valence-electron chi connectivity index (χ3n) is 2.64. The highest BCUT2D eigenvalue weighted by Crippen LogP contribution is 2.14. The van der Waals surface area contributed by atoms with Gasteiger partial charge in [-0.15, -0.1) is 21.5 Å². The fourth-order valence-corrected chi connectivity index (χ4v) is 2.42. The van der Waals surface area contributed by atoms with Crippen LogP contribution in [0.1, 0.15) is 5.69 Å². The van der Waals surface area contributed by atoms with Crippen LogP contribution in [0.25, 0.3) is 11.4 Å². The first-order valence-electron chi connectivity index (χ1n) is 6.26. The number of carbonyl (C=O) groups excluding carboxylic acids is 1. The lowest BCUT2D eigenvalue weighted by Gasteiger charge is -1.99. The molecule has 3 aromatic rings. The van der Waals surface area contributed by atoms with Crippen LogP contribution in [0.3, 0.4) is 0 Å². The number of benzene rings is 1. The van der Waals surface area contributed by atoms with E-state index in [1.165, 1.54) is 16.1 Å². The van der Waals surface area contributed by atoms with Crippen LogP contribution in [0, 0.1) is 6.92 Å². The predicted octanol–water partition coefficient (Wildman–Crippen LogP) is 1.74. The summed E-state index contributed by atoms with van der Waals surface area (Å²) in [6.45, 7) is 1.87. The lowest BCUT2D eigenvalue weighted by molar-refractivity contribution is -0.117. The van der Waals surface area contributed by atoms with Gasteiger partial charge in [0.1, 0.15) is 6.54 Å². The van der Waals surface area contributed by atoms with E-state index in [0.29, 0.717) is 11.0 Å². The van der Waals surface area contributed by atoms with Crippen LogP contribution in [-0.4, -0.2) is 31.1 Å². The number of rotatable bonds is 4. The van der Waals surface area contributed by atoms with Gasteiger partial charge < -0.3 is 5.32 Å². The molecular weight excluding hydrogens is 288 g/mol. The number of nitrogens with one attached hydrogen (secondary N) is 1. The summed E-state index contributed by atoms with van der Waals surface area (Å²) in [7, 11) is 0. The SMILES string of the molecule is Cc1csc(NC(=O)Cn2nnc(-c3ccccc3)n2)n1. The maximum Gasteiger partial charge on any atom is 0.249 e.